The molecule has 0 aliphatic heterocycles. The van der Waals surface area contributed by atoms with Crippen LogP contribution >= 0.6 is 0 Å². The molecule has 0 heterocycles. The van der Waals surface area contributed by atoms with Gasteiger partial charge in [-0.15, -0.1) is 0 Å². The molecule has 0 aromatic carbocycles. The van der Waals surface area contributed by atoms with Gasteiger partial charge in [-0.05, 0) is 25.9 Å². The van der Waals surface area contributed by atoms with Crippen molar-refractivity contribution in [3.63, 3.8) is 0 Å². The molecular formula is C10H21F3N2O2S. The molecule has 0 aromatic rings. The minimum atomic E-state index is -4.10. The van der Waals surface area contributed by atoms with Gasteiger partial charge >= 0.3 is 6.18 Å². The third-order valence-corrected chi connectivity index (χ3v) is 3.78. The van der Waals surface area contributed by atoms with Crippen molar-refractivity contribution < 1.29 is 21.6 Å². The number of halogens is 3. The number of nitrogens with one attached hydrogen (secondary N) is 1. The minimum absolute atomic E-state index is 0.0487. The Kier molecular flexibility index (Phi) is 7.81. The Morgan fingerprint density at radius 1 is 1.17 bits per heavy atom. The maximum Gasteiger partial charge on any atom is 0.389 e. The summed E-state index contributed by atoms with van der Waals surface area (Å²) in [6.07, 6.45) is -3.10. The van der Waals surface area contributed by atoms with E-state index in [1.54, 1.807) is 6.92 Å². The molecule has 0 fully saturated rings. The van der Waals surface area contributed by atoms with E-state index in [0.717, 1.165) is 6.26 Å². The second-order valence-electron chi connectivity index (χ2n) is 4.08. The number of hydrogen-bond acceptors (Lipinski definition) is 3. The molecule has 0 atom stereocenters. The fourth-order valence-corrected chi connectivity index (χ4v) is 2.41. The van der Waals surface area contributed by atoms with Crippen LogP contribution < -0.4 is 5.32 Å². The molecule has 0 rings (SSSR count). The van der Waals surface area contributed by atoms with E-state index in [0.29, 0.717) is 32.6 Å². The van der Waals surface area contributed by atoms with Crippen LogP contribution in [0.5, 0.6) is 0 Å². The van der Waals surface area contributed by atoms with Crippen LogP contribution in [0.4, 0.5) is 13.2 Å². The lowest BCUT2D eigenvalue weighted by molar-refractivity contribution is -0.135. The maximum absolute atomic E-state index is 11.8. The number of hydrogen-bond donors (Lipinski definition) is 1. The van der Waals surface area contributed by atoms with Gasteiger partial charge in [-0.2, -0.15) is 13.2 Å². The van der Waals surface area contributed by atoms with Gasteiger partial charge in [0.15, 0.2) is 0 Å². The highest BCUT2D eigenvalue weighted by atomic mass is 32.2. The predicted molar refractivity (Wildman–Crippen MR) is 64.9 cm³/mol. The highest BCUT2D eigenvalue weighted by Crippen LogP contribution is 2.20. The first-order chi connectivity index (χ1) is 8.17. The van der Waals surface area contributed by atoms with E-state index < -0.39 is 22.6 Å². The summed E-state index contributed by atoms with van der Waals surface area (Å²) in [6.45, 7) is 3.36. The molecule has 0 saturated carbocycles. The molecule has 0 unspecified atom stereocenters. The molecule has 0 saturated heterocycles. The second-order valence-corrected chi connectivity index (χ2v) is 6.06. The highest BCUT2D eigenvalue weighted by molar-refractivity contribution is 7.88. The van der Waals surface area contributed by atoms with Crippen LogP contribution in [0, 0.1) is 0 Å². The number of nitrogens with zero attached hydrogens (tertiary/aromatic N) is 1. The van der Waals surface area contributed by atoms with Crippen molar-refractivity contribution >= 4 is 10.0 Å². The molecule has 0 radical (unpaired) electrons. The molecule has 18 heavy (non-hydrogen) atoms. The van der Waals surface area contributed by atoms with Crippen LogP contribution in [-0.4, -0.2) is 51.3 Å². The van der Waals surface area contributed by atoms with Gasteiger partial charge in [0, 0.05) is 19.5 Å². The topological polar surface area (TPSA) is 49.4 Å². The van der Waals surface area contributed by atoms with Gasteiger partial charge in [0.1, 0.15) is 0 Å². The van der Waals surface area contributed by atoms with Crippen molar-refractivity contribution in [1.29, 1.82) is 0 Å². The Hall–Kier alpha value is -0.340. The standard InChI is InChI=1S/C10H21F3N2O2S/c1-3-15(18(2,16)17)9-5-8-14-7-4-6-10(11,12)13/h14H,3-9H2,1-2H3. The SMILES string of the molecule is CCN(CCCNCCCC(F)(F)F)S(C)(=O)=O. The van der Waals surface area contributed by atoms with Gasteiger partial charge in [-0.25, -0.2) is 12.7 Å². The van der Waals surface area contributed by atoms with Crippen LogP contribution in [0.15, 0.2) is 0 Å². The lowest BCUT2D eigenvalue weighted by Gasteiger charge is -2.17. The van der Waals surface area contributed by atoms with Crippen LogP contribution in [0.1, 0.15) is 26.2 Å². The summed E-state index contributed by atoms with van der Waals surface area (Å²) in [5.41, 5.74) is 0. The Morgan fingerprint density at radius 2 is 1.72 bits per heavy atom. The van der Waals surface area contributed by atoms with Crippen LogP contribution in [0.25, 0.3) is 0 Å². The van der Waals surface area contributed by atoms with Gasteiger partial charge < -0.3 is 5.32 Å². The van der Waals surface area contributed by atoms with Gasteiger partial charge in [0.05, 0.1) is 6.26 Å². The lowest BCUT2D eigenvalue weighted by atomic mass is 10.3. The first kappa shape index (κ1) is 17.7. The van der Waals surface area contributed by atoms with Crippen molar-refractivity contribution in [2.24, 2.45) is 0 Å². The van der Waals surface area contributed by atoms with Gasteiger partial charge in [-0.3, -0.25) is 0 Å². The smallest absolute Gasteiger partial charge is 0.317 e. The number of alkyl halides is 3. The Bertz CT molecular complexity index is 318. The first-order valence-corrected chi connectivity index (χ1v) is 7.74. The average Bonchev–Trinajstić information content (AvgIpc) is 2.18. The van der Waals surface area contributed by atoms with Crippen molar-refractivity contribution in [1.82, 2.24) is 9.62 Å². The van der Waals surface area contributed by atoms with E-state index >= 15 is 0 Å². The summed E-state index contributed by atoms with van der Waals surface area (Å²) in [7, 11) is -3.17. The van der Waals surface area contributed by atoms with Gasteiger partial charge in [0.25, 0.3) is 0 Å². The molecular weight excluding hydrogens is 269 g/mol. The zero-order valence-corrected chi connectivity index (χ0v) is 11.6. The Balaban J connectivity index is 3.57. The summed E-state index contributed by atoms with van der Waals surface area (Å²) >= 11 is 0. The third-order valence-electron chi connectivity index (χ3n) is 2.40. The fourth-order valence-electron chi connectivity index (χ4n) is 1.48. The molecule has 110 valence electrons. The average molecular weight is 290 g/mol. The molecule has 0 aliphatic carbocycles. The quantitative estimate of drug-likeness (QED) is 0.656. The minimum Gasteiger partial charge on any atom is -0.317 e. The Labute approximate surface area is 107 Å². The maximum atomic E-state index is 11.8. The third kappa shape index (κ3) is 9.67. The van der Waals surface area contributed by atoms with Gasteiger partial charge in [-0.1, -0.05) is 6.92 Å². The van der Waals surface area contributed by atoms with Crippen molar-refractivity contribution in [2.75, 3.05) is 32.4 Å². The first-order valence-electron chi connectivity index (χ1n) is 5.89. The summed E-state index contributed by atoms with van der Waals surface area (Å²) in [4.78, 5) is 0. The predicted octanol–water partition coefficient (Wildman–Crippen LogP) is 1.59. The molecule has 0 amide bonds. The van der Waals surface area contributed by atoms with E-state index in [1.165, 1.54) is 4.31 Å². The molecule has 0 bridgehead atoms. The largest absolute Gasteiger partial charge is 0.389 e. The number of rotatable bonds is 9. The molecule has 0 aromatic heterocycles. The van der Waals surface area contributed by atoms with Crippen molar-refractivity contribution in [3.8, 4) is 0 Å². The van der Waals surface area contributed by atoms with E-state index in [9.17, 15) is 21.6 Å². The van der Waals surface area contributed by atoms with Crippen LogP contribution in [-0.2, 0) is 10.0 Å². The van der Waals surface area contributed by atoms with Gasteiger partial charge in [0.2, 0.25) is 10.0 Å². The lowest BCUT2D eigenvalue weighted by Crippen LogP contribution is -2.32. The summed E-state index contributed by atoms with van der Waals surface area (Å²) in [5.74, 6) is 0. The zero-order valence-electron chi connectivity index (χ0n) is 10.8. The molecule has 0 aliphatic rings. The summed E-state index contributed by atoms with van der Waals surface area (Å²) in [5, 5.41) is 2.87. The van der Waals surface area contributed by atoms with E-state index in [4.69, 9.17) is 0 Å². The van der Waals surface area contributed by atoms with Crippen LogP contribution in [0.3, 0.4) is 0 Å². The Morgan fingerprint density at radius 3 is 2.17 bits per heavy atom. The van der Waals surface area contributed by atoms with Crippen molar-refractivity contribution in [3.05, 3.63) is 0 Å². The zero-order chi connectivity index (χ0) is 14.2. The normalized spacial score (nSPS) is 13.2. The van der Waals surface area contributed by atoms with E-state index in [1.807, 2.05) is 0 Å². The molecule has 4 nitrogen and oxygen atoms in total. The highest BCUT2D eigenvalue weighted by Gasteiger charge is 2.25. The molecule has 1 N–H and O–H groups in total. The van der Waals surface area contributed by atoms with Crippen molar-refractivity contribution in [2.45, 2.75) is 32.4 Å². The summed E-state index contributed by atoms with van der Waals surface area (Å²) in [6, 6.07) is 0. The summed E-state index contributed by atoms with van der Waals surface area (Å²) < 4.78 is 59.2. The van der Waals surface area contributed by atoms with E-state index in [2.05, 4.69) is 5.32 Å². The second kappa shape index (κ2) is 7.96. The molecule has 8 heteroatoms. The monoisotopic (exact) mass is 290 g/mol. The van der Waals surface area contributed by atoms with E-state index in [-0.39, 0.29) is 6.42 Å². The number of sulfonamides is 1. The fraction of sp³-hybridized carbons (Fsp3) is 1.00. The molecule has 0 spiro atoms. The van der Waals surface area contributed by atoms with Crippen LogP contribution in [0.2, 0.25) is 0 Å².